The van der Waals surface area contributed by atoms with Gasteiger partial charge in [0.1, 0.15) is 12.2 Å². The number of alkyl halides is 1. The predicted octanol–water partition coefficient (Wildman–Crippen LogP) is -0.351. The SMILES string of the molecule is O=C1NC(=O)N2C[C@@H](F)C[C@H]12. The number of rotatable bonds is 0. The Morgan fingerprint density at radius 1 is 1.55 bits per heavy atom. The summed E-state index contributed by atoms with van der Waals surface area (Å²) < 4.78 is 12.6. The van der Waals surface area contributed by atoms with Gasteiger partial charge in [-0.25, -0.2) is 9.18 Å². The summed E-state index contributed by atoms with van der Waals surface area (Å²) in [7, 11) is 0. The van der Waals surface area contributed by atoms with Gasteiger partial charge in [-0.05, 0) is 0 Å². The van der Waals surface area contributed by atoms with Crippen LogP contribution in [0.3, 0.4) is 0 Å². The van der Waals surface area contributed by atoms with E-state index >= 15 is 0 Å². The Morgan fingerprint density at radius 3 is 2.91 bits per heavy atom. The van der Waals surface area contributed by atoms with Crippen LogP contribution in [0.1, 0.15) is 6.42 Å². The van der Waals surface area contributed by atoms with E-state index in [2.05, 4.69) is 5.32 Å². The fourth-order valence-corrected chi connectivity index (χ4v) is 1.52. The summed E-state index contributed by atoms with van der Waals surface area (Å²) in [6.45, 7) is 0.0578. The van der Waals surface area contributed by atoms with Crippen molar-refractivity contribution in [2.45, 2.75) is 18.6 Å². The molecular formula is C6H7FN2O2. The van der Waals surface area contributed by atoms with Gasteiger partial charge in [-0.2, -0.15) is 0 Å². The first-order valence-electron chi connectivity index (χ1n) is 3.44. The first-order valence-corrected chi connectivity index (χ1v) is 3.44. The van der Waals surface area contributed by atoms with Crippen LogP contribution in [0.2, 0.25) is 0 Å². The van der Waals surface area contributed by atoms with E-state index in [-0.39, 0.29) is 18.9 Å². The molecule has 0 spiro atoms. The van der Waals surface area contributed by atoms with Crippen LogP contribution in [0.5, 0.6) is 0 Å². The van der Waals surface area contributed by atoms with Crippen LogP contribution in [-0.2, 0) is 4.79 Å². The van der Waals surface area contributed by atoms with E-state index in [1.54, 1.807) is 0 Å². The summed E-state index contributed by atoms with van der Waals surface area (Å²) in [5.41, 5.74) is 0. The highest BCUT2D eigenvalue weighted by Gasteiger charge is 2.45. The average Bonchev–Trinajstić information content (AvgIpc) is 2.38. The van der Waals surface area contributed by atoms with Crippen molar-refractivity contribution in [1.29, 1.82) is 0 Å². The molecule has 0 radical (unpaired) electrons. The van der Waals surface area contributed by atoms with Crippen molar-refractivity contribution >= 4 is 11.9 Å². The number of amides is 3. The van der Waals surface area contributed by atoms with Gasteiger partial charge in [0.2, 0.25) is 0 Å². The van der Waals surface area contributed by atoms with E-state index in [0.29, 0.717) is 0 Å². The third kappa shape index (κ3) is 0.800. The molecule has 11 heavy (non-hydrogen) atoms. The van der Waals surface area contributed by atoms with E-state index in [4.69, 9.17) is 0 Å². The molecule has 0 bridgehead atoms. The lowest BCUT2D eigenvalue weighted by Gasteiger charge is -2.08. The van der Waals surface area contributed by atoms with Crippen LogP contribution >= 0.6 is 0 Å². The molecule has 2 aliphatic heterocycles. The Labute approximate surface area is 62.4 Å². The summed E-state index contributed by atoms with van der Waals surface area (Å²) in [6.07, 6.45) is -0.882. The lowest BCUT2D eigenvalue weighted by atomic mass is 10.2. The maximum Gasteiger partial charge on any atom is 0.324 e. The van der Waals surface area contributed by atoms with Crippen LogP contribution in [0.4, 0.5) is 9.18 Å². The normalized spacial score (nSPS) is 35.9. The summed E-state index contributed by atoms with van der Waals surface area (Å²) in [5, 5.41) is 2.12. The highest BCUT2D eigenvalue weighted by atomic mass is 19.1. The standard InChI is InChI=1S/C6H7FN2O2/c7-3-1-4-5(10)8-6(11)9(4)2-3/h3-4H,1-2H2,(H,8,10,11)/t3-,4+/m0/s1. The number of carbonyl (C=O) groups excluding carboxylic acids is 2. The van der Waals surface area contributed by atoms with Crippen molar-refractivity contribution in [2.24, 2.45) is 0 Å². The van der Waals surface area contributed by atoms with Gasteiger partial charge in [-0.15, -0.1) is 0 Å². The number of hydrogen-bond donors (Lipinski definition) is 1. The molecule has 0 unspecified atom stereocenters. The molecule has 0 aromatic heterocycles. The molecule has 2 atom stereocenters. The third-order valence-electron chi connectivity index (χ3n) is 2.04. The molecule has 0 saturated carbocycles. The minimum Gasteiger partial charge on any atom is -0.309 e. The van der Waals surface area contributed by atoms with Crippen molar-refractivity contribution in [3.63, 3.8) is 0 Å². The van der Waals surface area contributed by atoms with Crippen LogP contribution in [0.25, 0.3) is 0 Å². The van der Waals surface area contributed by atoms with Gasteiger partial charge in [0.15, 0.2) is 0 Å². The molecule has 4 nitrogen and oxygen atoms in total. The highest BCUT2D eigenvalue weighted by molar-refractivity contribution is 6.04. The largest absolute Gasteiger partial charge is 0.324 e. The van der Waals surface area contributed by atoms with E-state index in [1.807, 2.05) is 0 Å². The first-order chi connectivity index (χ1) is 5.18. The van der Waals surface area contributed by atoms with Gasteiger partial charge < -0.3 is 4.90 Å². The van der Waals surface area contributed by atoms with E-state index in [9.17, 15) is 14.0 Å². The van der Waals surface area contributed by atoms with E-state index in [0.717, 1.165) is 0 Å². The lowest BCUT2D eigenvalue weighted by Crippen LogP contribution is -2.29. The molecule has 5 heteroatoms. The smallest absolute Gasteiger partial charge is 0.309 e. The van der Waals surface area contributed by atoms with Crippen LogP contribution in [0, 0.1) is 0 Å². The van der Waals surface area contributed by atoms with Gasteiger partial charge in [-0.1, -0.05) is 0 Å². The molecule has 0 aromatic carbocycles. The Balaban J connectivity index is 2.23. The molecule has 1 N–H and O–H groups in total. The van der Waals surface area contributed by atoms with Crippen LogP contribution in [-0.4, -0.2) is 35.6 Å². The zero-order chi connectivity index (χ0) is 8.01. The second-order valence-electron chi connectivity index (χ2n) is 2.80. The molecule has 2 saturated heterocycles. The number of fused-ring (bicyclic) bond motifs is 1. The first kappa shape index (κ1) is 6.57. The second-order valence-corrected chi connectivity index (χ2v) is 2.80. The molecule has 2 rings (SSSR count). The molecule has 2 aliphatic rings. The van der Waals surface area contributed by atoms with Crippen molar-refractivity contribution in [3.05, 3.63) is 0 Å². The van der Waals surface area contributed by atoms with Crippen molar-refractivity contribution in [2.75, 3.05) is 6.54 Å². The molecule has 60 valence electrons. The van der Waals surface area contributed by atoms with Gasteiger partial charge in [0.05, 0.1) is 6.54 Å². The summed E-state index contributed by atoms with van der Waals surface area (Å²) in [5.74, 6) is -0.366. The van der Waals surface area contributed by atoms with Crippen LogP contribution in [0.15, 0.2) is 0 Å². The fourth-order valence-electron chi connectivity index (χ4n) is 1.52. The second kappa shape index (κ2) is 1.93. The van der Waals surface area contributed by atoms with E-state index in [1.165, 1.54) is 4.90 Å². The van der Waals surface area contributed by atoms with Gasteiger partial charge in [-0.3, -0.25) is 10.1 Å². The molecule has 3 amide bonds. The summed E-state index contributed by atoms with van der Waals surface area (Å²) in [4.78, 5) is 23.0. The fraction of sp³-hybridized carbons (Fsp3) is 0.667. The van der Waals surface area contributed by atoms with Gasteiger partial charge in [0.25, 0.3) is 5.91 Å². The maximum absolute atomic E-state index is 12.6. The monoisotopic (exact) mass is 158 g/mol. The number of imide groups is 1. The zero-order valence-corrected chi connectivity index (χ0v) is 5.71. The quantitative estimate of drug-likeness (QED) is 0.490. The highest BCUT2D eigenvalue weighted by Crippen LogP contribution is 2.23. The number of halogens is 1. The Morgan fingerprint density at radius 2 is 2.27 bits per heavy atom. The molecule has 0 aliphatic carbocycles. The Hall–Kier alpha value is -1.13. The molecule has 2 heterocycles. The Bertz CT molecular complexity index is 209. The van der Waals surface area contributed by atoms with Crippen LogP contribution < -0.4 is 5.32 Å². The van der Waals surface area contributed by atoms with Gasteiger partial charge in [0, 0.05) is 6.42 Å². The maximum atomic E-state index is 12.6. The number of nitrogens with one attached hydrogen (secondary N) is 1. The minimum absolute atomic E-state index is 0.0578. The summed E-state index contributed by atoms with van der Waals surface area (Å²) >= 11 is 0. The molecule has 0 aromatic rings. The van der Waals surface area contributed by atoms with Gasteiger partial charge >= 0.3 is 6.03 Å². The van der Waals surface area contributed by atoms with Crippen molar-refractivity contribution < 1.29 is 14.0 Å². The third-order valence-corrected chi connectivity index (χ3v) is 2.04. The van der Waals surface area contributed by atoms with Crippen molar-refractivity contribution in [3.8, 4) is 0 Å². The van der Waals surface area contributed by atoms with Crippen molar-refractivity contribution in [1.82, 2.24) is 10.2 Å². The van der Waals surface area contributed by atoms with E-state index < -0.39 is 18.2 Å². The average molecular weight is 158 g/mol. The molecular weight excluding hydrogens is 151 g/mol. The lowest BCUT2D eigenvalue weighted by molar-refractivity contribution is -0.121. The molecule has 2 fully saturated rings. The number of hydrogen-bond acceptors (Lipinski definition) is 2. The topological polar surface area (TPSA) is 49.4 Å². The summed E-state index contributed by atoms with van der Waals surface area (Å²) in [6, 6.07) is -1.00. The number of carbonyl (C=O) groups is 2. The minimum atomic E-state index is -1.03. The number of urea groups is 1. The Kier molecular flexibility index (Phi) is 1.15. The zero-order valence-electron chi connectivity index (χ0n) is 5.71. The number of nitrogens with zero attached hydrogens (tertiary/aromatic N) is 1. The predicted molar refractivity (Wildman–Crippen MR) is 33.5 cm³/mol.